The Bertz CT molecular complexity index is 758. The van der Waals surface area contributed by atoms with E-state index in [1.807, 2.05) is 4.90 Å². The molecule has 0 saturated carbocycles. The summed E-state index contributed by atoms with van der Waals surface area (Å²) in [4.78, 5) is 25.7. The van der Waals surface area contributed by atoms with Crippen molar-refractivity contribution in [3.8, 4) is 0 Å². The molecule has 1 aliphatic rings. The molecule has 1 amide bonds. The molecule has 1 saturated heterocycles. The van der Waals surface area contributed by atoms with E-state index in [-0.39, 0.29) is 17.6 Å². The molecule has 2 N–H and O–H groups in total. The molecule has 7 heteroatoms. The van der Waals surface area contributed by atoms with Crippen LogP contribution in [-0.4, -0.2) is 34.9 Å². The maximum absolute atomic E-state index is 12.8. The number of amides is 1. The molecule has 6 nitrogen and oxygen atoms in total. The third-order valence-corrected chi connectivity index (χ3v) is 5.54. The predicted molar refractivity (Wildman–Crippen MR) is 90.8 cm³/mol. The van der Waals surface area contributed by atoms with Crippen LogP contribution in [0.1, 0.15) is 29.4 Å². The Hall–Kier alpha value is -1.99. The van der Waals surface area contributed by atoms with E-state index in [0.29, 0.717) is 17.3 Å². The van der Waals surface area contributed by atoms with Gasteiger partial charge in [-0.3, -0.25) is 14.9 Å². The number of benzene rings is 1. The highest BCUT2D eigenvalue weighted by Gasteiger charge is 2.30. The lowest BCUT2D eigenvalue weighted by atomic mass is 9.92. The lowest BCUT2D eigenvalue weighted by Gasteiger charge is -2.37. The van der Waals surface area contributed by atoms with Crippen LogP contribution in [0.25, 0.3) is 10.1 Å². The van der Waals surface area contributed by atoms with Crippen LogP contribution in [0.4, 0.5) is 5.69 Å². The lowest BCUT2D eigenvalue weighted by molar-refractivity contribution is -0.384. The number of hydrogen-bond acceptors (Lipinski definition) is 5. The normalized spacial score (nSPS) is 21.6. The van der Waals surface area contributed by atoms with Crippen LogP contribution < -0.4 is 5.73 Å². The molecule has 1 aromatic carbocycles. The minimum atomic E-state index is -0.422. The van der Waals surface area contributed by atoms with E-state index in [9.17, 15) is 14.9 Å². The zero-order chi connectivity index (χ0) is 16.6. The average Bonchev–Trinajstić information content (AvgIpc) is 2.97. The van der Waals surface area contributed by atoms with Crippen molar-refractivity contribution in [2.45, 2.75) is 25.8 Å². The van der Waals surface area contributed by atoms with E-state index in [4.69, 9.17) is 5.73 Å². The fraction of sp³-hybridized carbons (Fsp3) is 0.438. The van der Waals surface area contributed by atoms with Gasteiger partial charge < -0.3 is 10.6 Å². The second-order valence-corrected chi connectivity index (χ2v) is 7.19. The van der Waals surface area contributed by atoms with Crippen molar-refractivity contribution in [2.75, 3.05) is 13.1 Å². The number of likely N-dealkylation sites (tertiary alicyclic amines) is 1. The topological polar surface area (TPSA) is 89.5 Å². The summed E-state index contributed by atoms with van der Waals surface area (Å²) in [5, 5.41) is 11.6. The molecular formula is C16H19N3O3S. The van der Waals surface area contributed by atoms with Gasteiger partial charge in [-0.15, -0.1) is 11.3 Å². The summed E-state index contributed by atoms with van der Waals surface area (Å²) in [6.45, 7) is 3.37. The van der Waals surface area contributed by atoms with Crippen LogP contribution in [0, 0.1) is 16.0 Å². The highest BCUT2D eigenvalue weighted by Crippen LogP contribution is 2.31. The van der Waals surface area contributed by atoms with Crippen LogP contribution in [0.5, 0.6) is 0 Å². The highest BCUT2D eigenvalue weighted by molar-refractivity contribution is 7.20. The summed E-state index contributed by atoms with van der Waals surface area (Å²) in [7, 11) is 0. The smallest absolute Gasteiger partial charge is 0.270 e. The SMILES string of the molecule is CC1CCN(C(=O)c2cc3cc([N+](=O)[O-])ccc3s2)C(CN)C1. The van der Waals surface area contributed by atoms with Gasteiger partial charge in [-0.2, -0.15) is 0 Å². The van der Waals surface area contributed by atoms with Gasteiger partial charge in [0.25, 0.3) is 11.6 Å². The van der Waals surface area contributed by atoms with Crippen molar-refractivity contribution < 1.29 is 9.72 Å². The largest absolute Gasteiger partial charge is 0.334 e. The Morgan fingerprint density at radius 3 is 2.96 bits per heavy atom. The monoisotopic (exact) mass is 333 g/mol. The van der Waals surface area contributed by atoms with Gasteiger partial charge >= 0.3 is 0 Å². The predicted octanol–water partition coefficient (Wildman–Crippen LogP) is 3.01. The third kappa shape index (κ3) is 3.07. The summed E-state index contributed by atoms with van der Waals surface area (Å²) < 4.78 is 0.883. The fourth-order valence-corrected chi connectivity index (χ4v) is 4.13. The second kappa shape index (κ2) is 6.25. The van der Waals surface area contributed by atoms with E-state index in [0.717, 1.165) is 29.5 Å². The van der Waals surface area contributed by atoms with Crippen molar-refractivity contribution >= 4 is 33.0 Å². The molecule has 0 bridgehead atoms. The summed E-state index contributed by atoms with van der Waals surface area (Å²) in [6, 6.07) is 6.51. The molecule has 2 aromatic rings. The Morgan fingerprint density at radius 2 is 2.26 bits per heavy atom. The molecular weight excluding hydrogens is 314 g/mol. The van der Waals surface area contributed by atoms with Gasteiger partial charge in [0.15, 0.2) is 0 Å². The summed E-state index contributed by atoms with van der Waals surface area (Å²) >= 11 is 1.38. The van der Waals surface area contributed by atoms with Crippen molar-refractivity contribution in [3.05, 3.63) is 39.3 Å². The molecule has 2 heterocycles. The number of thiophene rings is 1. The lowest BCUT2D eigenvalue weighted by Crippen LogP contribution is -2.49. The van der Waals surface area contributed by atoms with Gasteiger partial charge in [-0.25, -0.2) is 0 Å². The van der Waals surface area contributed by atoms with Crippen LogP contribution >= 0.6 is 11.3 Å². The van der Waals surface area contributed by atoms with Gasteiger partial charge in [0, 0.05) is 41.4 Å². The zero-order valence-corrected chi connectivity index (χ0v) is 13.7. The van der Waals surface area contributed by atoms with E-state index < -0.39 is 4.92 Å². The first-order chi connectivity index (χ1) is 11.0. The highest BCUT2D eigenvalue weighted by atomic mass is 32.1. The van der Waals surface area contributed by atoms with Crippen molar-refractivity contribution in [1.82, 2.24) is 4.90 Å². The molecule has 0 aliphatic carbocycles. The molecule has 2 atom stereocenters. The quantitative estimate of drug-likeness (QED) is 0.690. The van der Waals surface area contributed by atoms with Gasteiger partial charge in [-0.1, -0.05) is 6.92 Å². The Labute approximate surface area is 138 Å². The average molecular weight is 333 g/mol. The molecule has 122 valence electrons. The van der Waals surface area contributed by atoms with E-state index >= 15 is 0 Å². The van der Waals surface area contributed by atoms with E-state index in [2.05, 4.69) is 6.92 Å². The number of fused-ring (bicyclic) bond motifs is 1. The van der Waals surface area contributed by atoms with Crippen molar-refractivity contribution in [1.29, 1.82) is 0 Å². The molecule has 3 rings (SSSR count). The standard InChI is InChI=1S/C16H19N3O3S/c1-10-4-5-18(13(6-10)9-17)16(20)15-8-11-7-12(19(21)22)2-3-14(11)23-15/h2-3,7-8,10,13H,4-6,9,17H2,1H3. The number of hydrogen-bond donors (Lipinski definition) is 1. The molecule has 2 unspecified atom stereocenters. The van der Waals surface area contributed by atoms with E-state index in [1.165, 1.54) is 23.5 Å². The van der Waals surface area contributed by atoms with Crippen molar-refractivity contribution in [3.63, 3.8) is 0 Å². The Balaban J connectivity index is 1.90. The molecule has 0 spiro atoms. The van der Waals surface area contributed by atoms with Crippen LogP contribution in [0.15, 0.2) is 24.3 Å². The zero-order valence-electron chi connectivity index (χ0n) is 12.9. The number of nitro benzene ring substituents is 1. The fourth-order valence-electron chi connectivity index (χ4n) is 3.13. The number of nitro groups is 1. The maximum atomic E-state index is 12.8. The first-order valence-electron chi connectivity index (χ1n) is 7.68. The maximum Gasteiger partial charge on any atom is 0.270 e. The Morgan fingerprint density at radius 1 is 1.48 bits per heavy atom. The minimum absolute atomic E-state index is 0.0174. The van der Waals surface area contributed by atoms with Crippen LogP contribution in [-0.2, 0) is 0 Å². The second-order valence-electron chi connectivity index (χ2n) is 6.11. The summed E-state index contributed by atoms with van der Waals surface area (Å²) in [6.07, 6.45) is 1.91. The van der Waals surface area contributed by atoms with Gasteiger partial charge in [0.2, 0.25) is 0 Å². The number of carbonyl (C=O) groups is 1. The third-order valence-electron chi connectivity index (χ3n) is 4.43. The summed E-state index contributed by atoms with van der Waals surface area (Å²) in [5.41, 5.74) is 5.88. The van der Waals surface area contributed by atoms with Gasteiger partial charge in [0.1, 0.15) is 0 Å². The first-order valence-corrected chi connectivity index (χ1v) is 8.50. The van der Waals surface area contributed by atoms with E-state index in [1.54, 1.807) is 12.1 Å². The summed E-state index contributed by atoms with van der Waals surface area (Å²) in [5.74, 6) is 0.564. The molecule has 1 aliphatic heterocycles. The number of nitrogens with two attached hydrogens (primary N) is 1. The number of piperidine rings is 1. The number of nitrogens with zero attached hydrogens (tertiary/aromatic N) is 2. The number of rotatable bonds is 3. The molecule has 1 aromatic heterocycles. The number of carbonyl (C=O) groups excluding carboxylic acids is 1. The molecule has 1 fully saturated rings. The van der Waals surface area contributed by atoms with Crippen LogP contribution in [0.3, 0.4) is 0 Å². The van der Waals surface area contributed by atoms with Gasteiger partial charge in [0.05, 0.1) is 9.80 Å². The minimum Gasteiger partial charge on any atom is -0.334 e. The number of non-ortho nitro benzene ring substituents is 1. The van der Waals surface area contributed by atoms with Crippen LogP contribution in [0.2, 0.25) is 0 Å². The first kappa shape index (κ1) is 15.9. The molecule has 0 radical (unpaired) electrons. The van der Waals surface area contributed by atoms with Gasteiger partial charge in [-0.05, 0) is 30.9 Å². The Kier molecular flexibility index (Phi) is 4.32. The van der Waals surface area contributed by atoms with Crippen molar-refractivity contribution in [2.24, 2.45) is 11.7 Å². The molecule has 23 heavy (non-hydrogen) atoms.